The monoisotopic (exact) mass is 238 g/mol. The van der Waals surface area contributed by atoms with Crippen molar-refractivity contribution in [1.29, 1.82) is 0 Å². The number of aliphatic hydroxyl groups excluding tert-OH is 2. The summed E-state index contributed by atoms with van der Waals surface area (Å²) in [5, 5.41) is 16.4. The van der Waals surface area contributed by atoms with Crippen molar-refractivity contribution in [2.45, 2.75) is 6.10 Å². The molecule has 0 saturated heterocycles. The summed E-state index contributed by atoms with van der Waals surface area (Å²) in [5.41, 5.74) is 0. The van der Waals surface area contributed by atoms with Crippen LogP contribution in [0, 0.1) is 0 Å². The van der Waals surface area contributed by atoms with Crippen LogP contribution in [0.4, 0.5) is 0 Å². The number of nitrogens with zero attached hydrogens (tertiary/aromatic N) is 1. The number of nitrogens with one attached hydrogen (secondary N) is 1. The summed E-state index contributed by atoms with van der Waals surface area (Å²) in [6.45, 7) is -1.41. The molecule has 0 atom stereocenters. The Kier molecular flexibility index (Phi) is 7.14. The van der Waals surface area contributed by atoms with Crippen LogP contribution in [0.1, 0.15) is 0 Å². The maximum atomic E-state index is 9.79. The van der Waals surface area contributed by atoms with Crippen LogP contribution in [-0.2, 0) is 9.09 Å². The normalized spacial score (nSPS) is 11.0. The fourth-order valence-corrected chi connectivity index (χ4v) is 1.02. The lowest BCUT2D eigenvalue weighted by Crippen LogP contribution is -2.27. The molecular formula is C6H11N2O6P-2. The standard InChI is InChI=1S/C3H4N2.C3H9O6P/c1-2-5-3-4-1;4-1-3(2-5)9-10(6,7)8/h1-3H,(H,4,5);3-5H,1-2H2,(H2,6,7,8)/p-2. The summed E-state index contributed by atoms with van der Waals surface area (Å²) in [4.78, 5) is 26.0. The Balaban J connectivity index is 0.000000322. The summed E-state index contributed by atoms with van der Waals surface area (Å²) < 4.78 is 13.5. The minimum Gasteiger partial charge on any atom is -0.790 e. The van der Waals surface area contributed by atoms with Gasteiger partial charge in [-0.15, -0.1) is 0 Å². The molecule has 0 aliphatic carbocycles. The molecule has 8 nitrogen and oxygen atoms in total. The predicted molar refractivity (Wildman–Crippen MR) is 45.2 cm³/mol. The van der Waals surface area contributed by atoms with Crippen LogP contribution < -0.4 is 9.79 Å². The molecule has 0 aliphatic rings. The lowest BCUT2D eigenvalue weighted by Gasteiger charge is -2.31. The van der Waals surface area contributed by atoms with E-state index in [2.05, 4.69) is 14.5 Å². The minimum atomic E-state index is -5.07. The maximum Gasteiger partial charge on any atom is 0.109 e. The third kappa shape index (κ3) is 9.54. The lowest BCUT2D eigenvalue weighted by atomic mass is 10.4. The zero-order chi connectivity index (χ0) is 11.7. The molecule has 0 unspecified atom stereocenters. The number of rotatable bonds is 4. The van der Waals surface area contributed by atoms with Crippen molar-refractivity contribution in [3.05, 3.63) is 18.7 Å². The second-order valence-electron chi connectivity index (χ2n) is 2.30. The molecule has 0 fully saturated rings. The molecule has 0 saturated carbocycles. The van der Waals surface area contributed by atoms with E-state index in [0.717, 1.165) is 0 Å². The van der Waals surface area contributed by atoms with Crippen LogP contribution in [0.25, 0.3) is 0 Å². The molecule has 0 aliphatic heterocycles. The molecule has 0 amide bonds. The zero-order valence-corrected chi connectivity index (χ0v) is 8.54. The van der Waals surface area contributed by atoms with Gasteiger partial charge >= 0.3 is 0 Å². The van der Waals surface area contributed by atoms with Crippen LogP contribution >= 0.6 is 7.82 Å². The Morgan fingerprint density at radius 3 is 2.20 bits per heavy atom. The first kappa shape index (κ1) is 14.2. The number of aromatic amines is 1. The fourth-order valence-electron chi connectivity index (χ4n) is 0.522. The number of phosphoric ester groups is 1. The van der Waals surface area contributed by atoms with Crippen molar-refractivity contribution in [3.8, 4) is 0 Å². The Bertz CT molecular complexity index is 252. The number of phosphoric acid groups is 1. The van der Waals surface area contributed by atoms with Gasteiger partial charge in [0, 0.05) is 12.4 Å². The van der Waals surface area contributed by atoms with E-state index in [1.54, 1.807) is 18.7 Å². The second kappa shape index (κ2) is 7.52. The number of H-pyrrole nitrogens is 1. The molecule has 0 aromatic carbocycles. The minimum absolute atomic E-state index is 0.703. The quantitative estimate of drug-likeness (QED) is 0.496. The van der Waals surface area contributed by atoms with Crippen LogP contribution in [0.2, 0.25) is 0 Å². The first-order valence-electron chi connectivity index (χ1n) is 3.84. The van der Waals surface area contributed by atoms with E-state index < -0.39 is 27.1 Å². The van der Waals surface area contributed by atoms with Gasteiger partial charge in [0.05, 0.1) is 27.4 Å². The summed E-state index contributed by atoms with van der Waals surface area (Å²) in [6, 6.07) is 0. The highest BCUT2D eigenvalue weighted by atomic mass is 31.2. The Hall–Kier alpha value is -0.760. The number of hydrogen-bond donors (Lipinski definition) is 3. The first-order chi connectivity index (χ1) is 6.99. The highest BCUT2D eigenvalue weighted by Crippen LogP contribution is 2.26. The lowest BCUT2D eigenvalue weighted by molar-refractivity contribution is -0.346. The van der Waals surface area contributed by atoms with Gasteiger partial charge in [0.2, 0.25) is 0 Å². The van der Waals surface area contributed by atoms with Crippen LogP contribution in [-0.4, -0.2) is 39.5 Å². The second-order valence-corrected chi connectivity index (χ2v) is 3.41. The van der Waals surface area contributed by atoms with Crippen molar-refractivity contribution >= 4 is 7.82 Å². The van der Waals surface area contributed by atoms with Gasteiger partial charge < -0.3 is 34.1 Å². The fraction of sp³-hybridized carbons (Fsp3) is 0.500. The Morgan fingerprint density at radius 2 is 2.07 bits per heavy atom. The summed E-state index contributed by atoms with van der Waals surface area (Å²) in [7, 11) is -5.07. The van der Waals surface area contributed by atoms with Crippen molar-refractivity contribution in [2.24, 2.45) is 0 Å². The van der Waals surface area contributed by atoms with Crippen LogP contribution in [0.5, 0.6) is 0 Å². The van der Waals surface area contributed by atoms with Gasteiger partial charge in [0.1, 0.15) is 6.10 Å². The van der Waals surface area contributed by atoms with E-state index in [0.29, 0.717) is 0 Å². The van der Waals surface area contributed by atoms with Crippen LogP contribution in [0.15, 0.2) is 18.7 Å². The average Bonchev–Trinajstić information content (AvgIpc) is 2.70. The molecule has 1 rings (SSSR count). The average molecular weight is 238 g/mol. The van der Waals surface area contributed by atoms with E-state index in [4.69, 9.17) is 10.2 Å². The van der Waals surface area contributed by atoms with Gasteiger partial charge in [-0.3, -0.25) is 0 Å². The van der Waals surface area contributed by atoms with E-state index in [-0.39, 0.29) is 0 Å². The van der Waals surface area contributed by atoms with E-state index in [1.807, 2.05) is 0 Å². The summed E-state index contributed by atoms with van der Waals surface area (Å²) in [6.07, 6.45) is 3.75. The number of aliphatic hydroxyl groups is 2. The summed E-state index contributed by atoms with van der Waals surface area (Å²) >= 11 is 0. The molecular weight excluding hydrogens is 227 g/mol. The summed E-state index contributed by atoms with van der Waals surface area (Å²) in [5.74, 6) is 0. The number of imidazole rings is 1. The van der Waals surface area contributed by atoms with E-state index >= 15 is 0 Å². The molecule has 0 bridgehead atoms. The van der Waals surface area contributed by atoms with Crippen molar-refractivity contribution < 1.29 is 29.1 Å². The van der Waals surface area contributed by atoms with E-state index in [9.17, 15) is 14.4 Å². The van der Waals surface area contributed by atoms with Gasteiger partial charge in [-0.1, -0.05) is 0 Å². The van der Waals surface area contributed by atoms with Gasteiger partial charge in [-0.05, 0) is 0 Å². The molecule has 88 valence electrons. The van der Waals surface area contributed by atoms with Crippen LogP contribution in [0.3, 0.4) is 0 Å². The smallest absolute Gasteiger partial charge is 0.109 e. The Labute approximate surface area is 85.8 Å². The SMILES string of the molecule is O=P([O-])([O-])OC(CO)CO.c1c[nH]cn1. The van der Waals surface area contributed by atoms with Gasteiger partial charge in [0.25, 0.3) is 0 Å². The maximum absolute atomic E-state index is 9.79. The van der Waals surface area contributed by atoms with Gasteiger partial charge in [0.15, 0.2) is 0 Å². The number of hydrogen-bond acceptors (Lipinski definition) is 7. The first-order valence-corrected chi connectivity index (χ1v) is 5.30. The Morgan fingerprint density at radius 1 is 1.47 bits per heavy atom. The topological polar surface area (TPSA) is 142 Å². The van der Waals surface area contributed by atoms with Crippen molar-refractivity contribution in [1.82, 2.24) is 9.97 Å². The number of aromatic nitrogens is 2. The molecule has 15 heavy (non-hydrogen) atoms. The predicted octanol–water partition coefficient (Wildman–Crippen LogP) is -2.41. The molecule has 1 aromatic heterocycles. The third-order valence-electron chi connectivity index (χ3n) is 1.09. The largest absolute Gasteiger partial charge is 0.790 e. The van der Waals surface area contributed by atoms with Crippen molar-refractivity contribution in [3.63, 3.8) is 0 Å². The molecule has 0 radical (unpaired) electrons. The molecule has 3 N–H and O–H groups in total. The van der Waals surface area contributed by atoms with E-state index in [1.165, 1.54) is 0 Å². The van der Waals surface area contributed by atoms with Gasteiger partial charge in [-0.25, -0.2) is 4.98 Å². The molecule has 1 heterocycles. The van der Waals surface area contributed by atoms with Gasteiger partial charge in [-0.2, -0.15) is 0 Å². The molecule has 9 heteroatoms. The molecule has 0 spiro atoms. The highest BCUT2D eigenvalue weighted by Gasteiger charge is 2.06. The third-order valence-corrected chi connectivity index (χ3v) is 1.65. The van der Waals surface area contributed by atoms with Crippen molar-refractivity contribution in [2.75, 3.05) is 13.2 Å². The zero-order valence-electron chi connectivity index (χ0n) is 7.65. The highest BCUT2D eigenvalue weighted by molar-refractivity contribution is 7.43. The molecule has 1 aromatic rings.